The third-order valence-electron chi connectivity index (χ3n) is 3.59. The molecule has 0 bridgehead atoms. The van der Waals surface area contributed by atoms with Crippen LogP contribution < -0.4 is 0 Å². The number of carboxylic acids is 1. The predicted octanol–water partition coefficient (Wildman–Crippen LogP) is 3.05. The first-order valence-electron chi connectivity index (χ1n) is 7.44. The van der Waals surface area contributed by atoms with Gasteiger partial charge >= 0.3 is 5.97 Å². The van der Waals surface area contributed by atoms with E-state index in [-0.39, 0.29) is 13.0 Å². The summed E-state index contributed by atoms with van der Waals surface area (Å²) in [4.78, 5) is 14.8. The number of carbonyl (C=O) groups is 1. The fraction of sp³-hybridized carbons (Fsp3) is 0.625. The van der Waals surface area contributed by atoms with Gasteiger partial charge in [-0.05, 0) is 43.2 Å². The predicted molar refractivity (Wildman–Crippen MR) is 78.5 cm³/mol. The van der Waals surface area contributed by atoms with Gasteiger partial charge in [-0.15, -0.1) is 0 Å². The molecule has 0 aromatic carbocycles. The second kappa shape index (κ2) is 10.4. The number of pyridine rings is 1. The van der Waals surface area contributed by atoms with E-state index in [0.717, 1.165) is 44.9 Å². The van der Waals surface area contributed by atoms with Crippen LogP contribution >= 0.6 is 0 Å². The van der Waals surface area contributed by atoms with Gasteiger partial charge in [-0.2, -0.15) is 0 Å². The number of rotatable bonds is 11. The van der Waals surface area contributed by atoms with Gasteiger partial charge in [0, 0.05) is 25.4 Å². The summed E-state index contributed by atoms with van der Waals surface area (Å²) in [5, 5.41) is 17.6. The van der Waals surface area contributed by atoms with Crippen LogP contribution in [0.15, 0.2) is 24.5 Å². The van der Waals surface area contributed by atoms with E-state index in [9.17, 15) is 4.79 Å². The number of aliphatic hydroxyl groups excluding tert-OH is 1. The lowest BCUT2D eigenvalue weighted by atomic mass is 9.91. The molecule has 112 valence electrons. The highest BCUT2D eigenvalue weighted by molar-refractivity contribution is 5.66. The lowest BCUT2D eigenvalue weighted by Gasteiger charge is -2.15. The number of carboxylic acid groups (broad SMARTS) is 1. The van der Waals surface area contributed by atoms with Crippen molar-refractivity contribution in [1.82, 2.24) is 4.98 Å². The van der Waals surface area contributed by atoms with E-state index in [0.29, 0.717) is 5.92 Å². The van der Waals surface area contributed by atoms with Crippen LogP contribution in [0.3, 0.4) is 0 Å². The van der Waals surface area contributed by atoms with Crippen molar-refractivity contribution >= 4 is 5.97 Å². The van der Waals surface area contributed by atoms with Crippen LogP contribution in [0.2, 0.25) is 0 Å². The Morgan fingerprint density at radius 2 is 2.00 bits per heavy atom. The highest BCUT2D eigenvalue weighted by Gasteiger charge is 2.11. The molecule has 1 atom stereocenters. The third-order valence-corrected chi connectivity index (χ3v) is 3.59. The molecule has 1 rings (SSSR count). The Bertz CT molecular complexity index is 367. The Kier molecular flexibility index (Phi) is 8.63. The third kappa shape index (κ3) is 7.89. The summed E-state index contributed by atoms with van der Waals surface area (Å²) in [5.41, 5.74) is 1.24. The monoisotopic (exact) mass is 279 g/mol. The number of aryl methyl sites for hydroxylation is 1. The molecule has 20 heavy (non-hydrogen) atoms. The molecule has 0 saturated carbocycles. The van der Waals surface area contributed by atoms with Crippen molar-refractivity contribution in [3.05, 3.63) is 30.1 Å². The summed E-state index contributed by atoms with van der Waals surface area (Å²) in [6, 6.07) is 4.02. The maximum absolute atomic E-state index is 10.7. The number of aliphatic carboxylic acids is 1. The number of aliphatic hydroxyl groups is 1. The van der Waals surface area contributed by atoms with Gasteiger partial charge in [-0.1, -0.05) is 25.3 Å². The van der Waals surface area contributed by atoms with Gasteiger partial charge in [0.05, 0.1) is 0 Å². The fourth-order valence-electron chi connectivity index (χ4n) is 2.45. The maximum atomic E-state index is 10.7. The largest absolute Gasteiger partial charge is 0.481 e. The lowest BCUT2D eigenvalue weighted by molar-refractivity contribution is -0.137. The molecule has 0 unspecified atom stereocenters. The summed E-state index contributed by atoms with van der Waals surface area (Å²) in [6.07, 6.45) is 10.6. The van der Waals surface area contributed by atoms with Gasteiger partial charge in [-0.25, -0.2) is 0 Å². The van der Waals surface area contributed by atoms with E-state index in [1.54, 1.807) is 6.20 Å². The Hall–Kier alpha value is -1.42. The average Bonchev–Trinajstić information content (AvgIpc) is 2.45. The molecule has 0 radical (unpaired) electrons. The molecule has 0 aliphatic carbocycles. The normalized spacial score (nSPS) is 12.2. The van der Waals surface area contributed by atoms with Crippen molar-refractivity contribution in [2.45, 2.75) is 51.4 Å². The Labute approximate surface area is 120 Å². The Balaban J connectivity index is 2.28. The summed E-state index contributed by atoms with van der Waals surface area (Å²) in [5.74, 6) is -0.265. The molecule has 0 amide bonds. The van der Waals surface area contributed by atoms with Crippen molar-refractivity contribution in [2.24, 2.45) is 5.92 Å². The fourth-order valence-corrected chi connectivity index (χ4v) is 2.45. The van der Waals surface area contributed by atoms with Crippen LogP contribution in [0, 0.1) is 5.92 Å². The van der Waals surface area contributed by atoms with Crippen molar-refractivity contribution in [2.75, 3.05) is 6.61 Å². The molecule has 2 N–H and O–H groups in total. The quantitative estimate of drug-likeness (QED) is 0.611. The van der Waals surface area contributed by atoms with Crippen LogP contribution in [-0.4, -0.2) is 27.8 Å². The molecule has 1 heterocycles. The van der Waals surface area contributed by atoms with Gasteiger partial charge in [0.1, 0.15) is 0 Å². The van der Waals surface area contributed by atoms with E-state index < -0.39 is 5.97 Å². The van der Waals surface area contributed by atoms with Crippen LogP contribution in [0.25, 0.3) is 0 Å². The first-order valence-corrected chi connectivity index (χ1v) is 7.44. The second-order valence-electron chi connectivity index (χ2n) is 5.27. The van der Waals surface area contributed by atoms with Gasteiger partial charge in [0.15, 0.2) is 0 Å². The molecule has 4 heteroatoms. The summed E-state index contributed by atoms with van der Waals surface area (Å²) < 4.78 is 0. The standard InChI is InChI=1S/C16H25NO3/c18-12-2-1-5-14(9-10-16(19)20)6-3-7-15-8-4-11-17-13-15/h4,8,11,13-14,18H,1-3,5-7,9-10,12H2,(H,19,20)/t14-/m0/s1. The number of hydrogen-bond acceptors (Lipinski definition) is 3. The minimum absolute atomic E-state index is 0.224. The first kappa shape index (κ1) is 16.6. The number of nitrogens with zero attached hydrogens (tertiary/aromatic N) is 1. The SMILES string of the molecule is O=C(O)CC[C@@H](CCCCO)CCCc1cccnc1. The maximum Gasteiger partial charge on any atom is 0.303 e. The summed E-state index contributed by atoms with van der Waals surface area (Å²) in [6.45, 7) is 0.224. The van der Waals surface area contributed by atoms with Gasteiger partial charge < -0.3 is 10.2 Å². The topological polar surface area (TPSA) is 70.4 Å². The molecule has 4 nitrogen and oxygen atoms in total. The molecular weight excluding hydrogens is 254 g/mol. The molecule has 0 spiro atoms. The highest BCUT2D eigenvalue weighted by Crippen LogP contribution is 2.21. The summed E-state index contributed by atoms with van der Waals surface area (Å²) >= 11 is 0. The molecule has 1 aromatic rings. The number of hydrogen-bond donors (Lipinski definition) is 2. The van der Waals surface area contributed by atoms with Crippen LogP contribution in [0.5, 0.6) is 0 Å². The molecule has 0 aliphatic rings. The highest BCUT2D eigenvalue weighted by atomic mass is 16.4. The van der Waals surface area contributed by atoms with Crippen molar-refractivity contribution < 1.29 is 15.0 Å². The molecule has 0 saturated heterocycles. The van der Waals surface area contributed by atoms with Crippen molar-refractivity contribution in [3.8, 4) is 0 Å². The van der Waals surface area contributed by atoms with E-state index >= 15 is 0 Å². The van der Waals surface area contributed by atoms with Crippen molar-refractivity contribution in [3.63, 3.8) is 0 Å². The number of unbranched alkanes of at least 4 members (excludes halogenated alkanes) is 1. The molecular formula is C16H25NO3. The first-order chi connectivity index (χ1) is 9.72. The lowest BCUT2D eigenvalue weighted by Crippen LogP contribution is -2.06. The minimum atomic E-state index is -0.718. The molecule has 0 aliphatic heterocycles. The van der Waals surface area contributed by atoms with Gasteiger partial charge in [0.2, 0.25) is 0 Å². The van der Waals surface area contributed by atoms with E-state index in [4.69, 9.17) is 10.2 Å². The van der Waals surface area contributed by atoms with Crippen LogP contribution in [0.4, 0.5) is 0 Å². The minimum Gasteiger partial charge on any atom is -0.481 e. The van der Waals surface area contributed by atoms with Crippen molar-refractivity contribution in [1.29, 1.82) is 0 Å². The molecule has 1 aromatic heterocycles. The smallest absolute Gasteiger partial charge is 0.303 e. The molecule has 0 fully saturated rings. The Morgan fingerprint density at radius 3 is 2.65 bits per heavy atom. The van der Waals surface area contributed by atoms with Crippen LogP contribution in [-0.2, 0) is 11.2 Å². The van der Waals surface area contributed by atoms with Gasteiger partial charge in [0.25, 0.3) is 0 Å². The van der Waals surface area contributed by atoms with E-state index in [2.05, 4.69) is 11.1 Å². The van der Waals surface area contributed by atoms with E-state index in [1.807, 2.05) is 12.3 Å². The van der Waals surface area contributed by atoms with Crippen LogP contribution in [0.1, 0.15) is 50.5 Å². The number of aromatic nitrogens is 1. The second-order valence-corrected chi connectivity index (χ2v) is 5.27. The zero-order chi connectivity index (χ0) is 14.6. The zero-order valence-corrected chi connectivity index (χ0v) is 12.0. The van der Waals surface area contributed by atoms with Gasteiger partial charge in [-0.3, -0.25) is 9.78 Å². The van der Waals surface area contributed by atoms with E-state index in [1.165, 1.54) is 5.56 Å². The zero-order valence-electron chi connectivity index (χ0n) is 12.0. The average molecular weight is 279 g/mol. The summed E-state index contributed by atoms with van der Waals surface area (Å²) in [7, 11) is 0. The Morgan fingerprint density at radius 1 is 1.20 bits per heavy atom.